The molecule has 3 heteroatoms. The SMILES string of the molecule is C1=C(c2ccc(-c3ccc(-c4cccc5ccccc45)c4oc5cc6ccccc6cc5c34)c3ccccc23)/N=C(c2ccccc2)\N=C(\c2ccccc2)CC/1. The summed E-state index contributed by atoms with van der Waals surface area (Å²) in [6.45, 7) is 0. The quantitative estimate of drug-likeness (QED) is 0.174. The maximum Gasteiger partial charge on any atom is 0.160 e. The third-order valence-electron chi connectivity index (χ3n) is 11.4. The molecule has 10 aromatic rings. The van der Waals surface area contributed by atoms with E-state index in [1.165, 1.54) is 16.2 Å². The third-order valence-corrected chi connectivity index (χ3v) is 11.4. The van der Waals surface area contributed by atoms with Crippen molar-refractivity contribution < 1.29 is 4.42 Å². The van der Waals surface area contributed by atoms with Crippen molar-refractivity contribution in [2.45, 2.75) is 12.8 Å². The predicted molar refractivity (Wildman–Crippen MR) is 240 cm³/mol. The van der Waals surface area contributed by atoms with Crippen LogP contribution in [0.1, 0.15) is 29.5 Å². The van der Waals surface area contributed by atoms with Crippen molar-refractivity contribution in [2.75, 3.05) is 0 Å². The van der Waals surface area contributed by atoms with Gasteiger partial charge in [0, 0.05) is 27.5 Å². The number of amidine groups is 1. The predicted octanol–water partition coefficient (Wildman–Crippen LogP) is 14.5. The van der Waals surface area contributed by atoms with Gasteiger partial charge in [-0.1, -0.05) is 176 Å². The molecule has 0 saturated carbocycles. The number of rotatable bonds is 5. The minimum atomic E-state index is 0.719. The van der Waals surface area contributed by atoms with Gasteiger partial charge in [-0.05, 0) is 85.6 Å². The standard InChI is InChI=1S/C54H36N2O/c1-3-16-36(17-4-1)49-27-14-28-50(56-54(55-49)37-18-5-2-6-19-37)45-30-29-44(42-24-11-12-25-43(42)45)46-31-32-47(41-26-13-22-35-15-9-10-23-40(35)41)53-52(46)48-33-38-20-7-8-21-39(38)34-51(48)57-53/h1-13,15-26,28-34H,14,27H2/b50-28+,55-49+,56-54-. The Hall–Kier alpha value is -7.36. The highest BCUT2D eigenvalue weighted by atomic mass is 16.3. The fourth-order valence-corrected chi connectivity index (χ4v) is 8.66. The molecule has 0 radical (unpaired) electrons. The number of allylic oxidation sites excluding steroid dienone is 1. The van der Waals surface area contributed by atoms with E-state index in [0.29, 0.717) is 0 Å². The van der Waals surface area contributed by atoms with E-state index in [4.69, 9.17) is 14.4 Å². The van der Waals surface area contributed by atoms with Gasteiger partial charge in [-0.3, -0.25) is 0 Å². The molecule has 0 saturated heterocycles. The minimum Gasteiger partial charge on any atom is -0.455 e. The second-order valence-electron chi connectivity index (χ2n) is 14.7. The van der Waals surface area contributed by atoms with Crippen molar-refractivity contribution in [3.63, 3.8) is 0 Å². The Bertz CT molecular complexity index is 3270. The van der Waals surface area contributed by atoms with Gasteiger partial charge >= 0.3 is 0 Å². The Morgan fingerprint density at radius 2 is 0.982 bits per heavy atom. The zero-order valence-electron chi connectivity index (χ0n) is 31.2. The minimum absolute atomic E-state index is 0.719. The van der Waals surface area contributed by atoms with Gasteiger partial charge in [-0.25, -0.2) is 9.98 Å². The summed E-state index contributed by atoms with van der Waals surface area (Å²) in [5.74, 6) is 0.719. The van der Waals surface area contributed by atoms with Crippen molar-refractivity contribution in [1.82, 2.24) is 0 Å². The van der Waals surface area contributed by atoms with E-state index in [0.717, 1.165) is 107 Å². The molecule has 1 aliphatic heterocycles. The highest BCUT2D eigenvalue weighted by molar-refractivity contribution is 6.22. The molecule has 11 rings (SSSR count). The summed E-state index contributed by atoms with van der Waals surface area (Å²) >= 11 is 0. The van der Waals surface area contributed by atoms with E-state index in [-0.39, 0.29) is 0 Å². The number of hydrogen-bond donors (Lipinski definition) is 0. The first kappa shape index (κ1) is 33.0. The molecular formula is C54H36N2O. The van der Waals surface area contributed by atoms with Crippen molar-refractivity contribution in [3.05, 3.63) is 211 Å². The van der Waals surface area contributed by atoms with Crippen LogP contribution >= 0.6 is 0 Å². The summed E-state index contributed by atoms with van der Waals surface area (Å²) in [6, 6.07) is 66.8. The van der Waals surface area contributed by atoms with Crippen LogP contribution in [0.25, 0.3) is 82.2 Å². The Labute approximate surface area is 330 Å². The molecule has 2 heterocycles. The Balaban J connectivity index is 1.13. The van der Waals surface area contributed by atoms with Gasteiger partial charge in [0.15, 0.2) is 5.84 Å². The average Bonchev–Trinajstić information content (AvgIpc) is 3.64. The molecular weight excluding hydrogens is 693 g/mol. The summed E-state index contributed by atoms with van der Waals surface area (Å²) in [6.07, 6.45) is 3.93. The van der Waals surface area contributed by atoms with E-state index in [2.05, 4.69) is 182 Å². The van der Waals surface area contributed by atoms with Crippen LogP contribution in [0.15, 0.2) is 209 Å². The summed E-state index contributed by atoms with van der Waals surface area (Å²) in [5, 5.41) is 9.31. The van der Waals surface area contributed by atoms with Crippen molar-refractivity contribution in [2.24, 2.45) is 9.98 Å². The summed E-state index contributed by atoms with van der Waals surface area (Å²) in [5.41, 5.74) is 11.5. The third kappa shape index (κ3) is 5.75. The fraction of sp³-hybridized carbons (Fsp3) is 0.0370. The van der Waals surface area contributed by atoms with Crippen molar-refractivity contribution in [1.29, 1.82) is 0 Å². The van der Waals surface area contributed by atoms with E-state index in [1.54, 1.807) is 0 Å². The van der Waals surface area contributed by atoms with E-state index in [9.17, 15) is 0 Å². The molecule has 268 valence electrons. The molecule has 0 bridgehead atoms. The van der Waals surface area contributed by atoms with Gasteiger partial charge in [-0.2, -0.15) is 0 Å². The van der Waals surface area contributed by atoms with Crippen LogP contribution in [0, 0.1) is 0 Å². The molecule has 0 aliphatic carbocycles. The normalized spacial score (nSPS) is 16.2. The van der Waals surface area contributed by atoms with E-state index < -0.39 is 0 Å². The van der Waals surface area contributed by atoms with Gasteiger partial charge in [0.25, 0.3) is 0 Å². The Kier molecular flexibility index (Phi) is 7.96. The van der Waals surface area contributed by atoms with Gasteiger partial charge < -0.3 is 4.42 Å². The molecule has 0 unspecified atom stereocenters. The fourth-order valence-electron chi connectivity index (χ4n) is 8.66. The molecule has 0 N–H and O–H groups in total. The maximum absolute atomic E-state index is 6.97. The lowest BCUT2D eigenvalue weighted by Gasteiger charge is -2.17. The lowest BCUT2D eigenvalue weighted by Crippen LogP contribution is -2.09. The van der Waals surface area contributed by atoms with Crippen LogP contribution in [-0.4, -0.2) is 11.5 Å². The summed E-state index contributed by atoms with van der Waals surface area (Å²) in [4.78, 5) is 10.6. The number of benzene rings is 9. The molecule has 3 nitrogen and oxygen atoms in total. The molecule has 1 aromatic heterocycles. The number of hydrogen-bond acceptors (Lipinski definition) is 3. The van der Waals surface area contributed by atoms with Crippen molar-refractivity contribution in [3.8, 4) is 22.3 Å². The second kappa shape index (κ2) is 13.7. The lowest BCUT2D eigenvalue weighted by molar-refractivity contribution is 0.670. The number of fused-ring (bicyclic) bond motifs is 6. The second-order valence-corrected chi connectivity index (χ2v) is 14.7. The first-order valence-electron chi connectivity index (χ1n) is 19.6. The summed E-state index contributed by atoms with van der Waals surface area (Å²) < 4.78 is 6.97. The highest BCUT2D eigenvalue weighted by Gasteiger charge is 2.22. The molecule has 0 atom stereocenters. The summed E-state index contributed by atoms with van der Waals surface area (Å²) in [7, 11) is 0. The first-order chi connectivity index (χ1) is 28.3. The van der Waals surface area contributed by atoms with Gasteiger partial charge in [0.05, 0.1) is 11.4 Å². The molecule has 57 heavy (non-hydrogen) atoms. The number of nitrogens with zero attached hydrogens (tertiary/aromatic N) is 2. The smallest absolute Gasteiger partial charge is 0.160 e. The van der Waals surface area contributed by atoms with Crippen LogP contribution in [0.5, 0.6) is 0 Å². The molecule has 0 fully saturated rings. The highest BCUT2D eigenvalue weighted by Crippen LogP contribution is 2.46. The first-order valence-corrected chi connectivity index (χ1v) is 19.6. The average molecular weight is 729 g/mol. The van der Waals surface area contributed by atoms with Crippen molar-refractivity contribution >= 4 is 71.5 Å². The van der Waals surface area contributed by atoms with Crippen LogP contribution in [0.2, 0.25) is 0 Å². The van der Waals surface area contributed by atoms with Crippen LogP contribution in [0.3, 0.4) is 0 Å². The Morgan fingerprint density at radius 3 is 1.77 bits per heavy atom. The number of aliphatic imine (C=N–C) groups is 2. The van der Waals surface area contributed by atoms with Gasteiger partial charge in [-0.15, -0.1) is 0 Å². The van der Waals surface area contributed by atoms with Gasteiger partial charge in [0.1, 0.15) is 11.2 Å². The number of furan rings is 1. The Morgan fingerprint density at radius 1 is 0.404 bits per heavy atom. The zero-order chi connectivity index (χ0) is 37.7. The monoisotopic (exact) mass is 728 g/mol. The maximum atomic E-state index is 6.97. The largest absolute Gasteiger partial charge is 0.455 e. The van der Waals surface area contributed by atoms with Crippen LogP contribution in [0.4, 0.5) is 0 Å². The van der Waals surface area contributed by atoms with E-state index >= 15 is 0 Å². The molecule has 0 amide bonds. The van der Waals surface area contributed by atoms with Crippen LogP contribution in [-0.2, 0) is 0 Å². The zero-order valence-corrected chi connectivity index (χ0v) is 31.2. The van der Waals surface area contributed by atoms with E-state index in [1.807, 2.05) is 12.1 Å². The molecule has 0 spiro atoms. The topological polar surface area (TPSA) is 37.9 Å². The van der Waals surface area contributed by atoms with Crippen LogP contribution < -0.4 is 0 Å². The molecule has 9 aromatic carbocycles. The molecule has 1 aliphatic rings. The lowest BCUT2D eigenvalue weighted by atomic mass is 9.89. The van der Waals surface area contributed by atoms with Gasteiger partial charge in [0.2, 0.25) is 0 Å².